The molecule has 0 spiro atoms. The van der Waals surface area contributed by atoms with Crippen molar-refractivity contribution in [3.8, 4) is 0 Å². The summed E-state index contributed by atoms with van der Waals surface area (Å²) in [7, 11) is 1.81. The Bertz CT molecular complexity index is 512. The summed E-state index contributed by atoms with van der Waals surface area (Å²) in [5.41, 5.74) is 5.40. The molecule has 0 radical (unpaired) electrons. The Morgan fingerprint density at radius 1 is 1.17 bits per heavy atom. The SMILES string of the molecule is CN=C(NCCCCN1CCC(C(N)=O)CC1)NCC1CN(CC(C)C)CCO1.I. The van der Waals surface area contributed by atoms with E-state index in [0.29, 0.717) is 5.92 Å². The maximum Gasteiger partial charge on any atom is 0.220 e. The molecular weight excluding hydrogens is 495 g/mol. The van der Waals surface area contributed by atoms with Crippen LogP contribution >= 0.6 is 24.0 Å². The highest BCUT2D eigenvalue weighted by Crippen LogP contribution is 2.16. The Kier molecular flexibility index (Phi) is 13.9. The number of nitrogens with one attached hydrogen (secondary N) is 2. The molecule has 2 fully saturated rings. The molecule has 4 N–H and O–H groups in total. The average Bonchev–Trinajstić information content (AvgIpc) is 2.70. The third-order valence-corrected chi connectivity index (χ3v) is 5.75. The third-order valence-electron chi connectivity index (χ3n) is 5.75. The first-order valence-electron chi connectivity index (χ1n) is 11.3. The molecule has 0 aromatic rings. The number of nitrogens with zero attached hydrogens (tertiary/aromatic N) is 3. The number of unbranched alkanes of at least 4 members (excludes halogenated alkanes) is 1. The van der Waals surface area contributed by atoms with E-state index in [1.54, 1.807) is 0 Å². The van der Waals surface area contributed by atoms with Crippen molar-refractivity contribution in [3.05, 3.63) is 0 Å². The highest BCUT2D eigenvalue weighted by molar-refractivity contribution is 14.0. The molecule has 0 bridgehead atoms. The van der Waals surface area contributed by atoms with Crippen LogP contribution in [-0.2, 0) is 9.53 Å². The minimum absolute atomic E-state index is 0. The molecular formula is C21H43IN6O2. The van der Waals surface area contributed by atoms with Gasteiger partial charge in [0.1, 0.15) is 0 Å². The van der Waals surface area contributed by atoms with E-state index in [1.165, 1.54) is 0 Å². The van der Waals surface area contributed by atoms with Crippen LogP contribution in [0.25, 0.3) is 0 Å². The summed E-state index contributed by atoms with van der Waals surface area (Å²) < 4.78 is 5.90. The summed E-state index contributed by atoms with van der Waals surface area (Å²) in [6.45, 7) is 13.2. The molecule has 2 heterocycles. The van der Waals surface area contributed by atoms with Gasteiger partial charge in [-0.2, -0.15) is 0 Å². The zero-order valence-corrected chi connectivity index (χ0v) is 21.4. The number of hydrogen-bond acceptors (Lipinski definition) is 5. The largest absolute Gasteiger partial charge is 0.374 e. The number of carbonyl (C=O) groups is 1. The van der Waals surface area contributed by atoms with Crippen LogP contribution in [0.3, 0.4) is 0 Å². The Hall–Kier alpha value is -0.650. The van der Waals surface area contributed by atoms with Crippen LogP contribution in [0.15, 0.2) is 4.99 Å². The average molecular weight is 539 g/mol. The number of primary amides is 1. The van der Waals surface area contributed by atoms with Crippen molar-refractivity contribution in [1.82, 2.24) is 20.4 Å². The first-order chi connectivity index (χ1) is 14.0. The van der Waals surface area contributed by atoms with E-state index >= 15 is 0 Å². The van der Waals surface area contributed by atoms with Gasteiger partial charge in [-0.25, -0.2) is 0 Å². The summed E-state index contributed by atoms with van der Waals surface area (Å²) in [6.07, 6.45) is 4.26. The summed E-state index contributed by atoms with van der Waals surface area (Å²) in [5.74, 6) is 1.47. The number of nitrogens with two attached hydrogens (primary N) is 1. The number of carbonyl (C=O) groups excluding carboxylic acids is 1. The fraction of sp³-hybridized carbons (Fsp3) is 0.905. The van der Waals surface area contributed by atoms with Gasteiger partial charge in [-0.05, 0) is 51.2 Å². The van der Waals surface area contributed by atoms with Crippen molar-refractivity contribution in [2.45, 2.75) is 45.6 Å². The molecule has 0 aromatic carbocycles. The van der Waals surface area contributed by atoms with Gasteiger partial charge in [-0.3, -0.25) is 14.7 Å². The van der Waals surface area contributed by atoms with Crippen LogP contribution in [0.5, 0.6) is 0 Å². The molecule has 1 unspecified atom stereocenters. The van der Waals surface area contributed by atoms with Gasteiger partial charge in [-0.15, -0.1) is 24.0 Å². The van der Waals surface area contributed by atoms with Gasteiger partial charge in [0.2, 0.25) is 5.91 Å². The molecule has 0 aliphatic carbocycles. The molecule has 1 atom stereocenters. The van der Waals surface area contributed by atoms with Crippen molar-refractivity contribution in [3.63, 3.8) is 0 Å². The molecule has 2 aliphatic rings. The van der Waals surface area contributed by atoms with Crippen molar-refractivity contribution in [2.24, 2.45) is 22.6 Å². The molecule has 2 saturated heterocycles. The maximum absolute atomic E-state index is 11.2. The zero-order valence-electron chi connectivity index (χ0n) is 19.1. The number of halogens is 1. The normalized spacial score (nSPS) is 22.0. The number of piperidine rings is 1. The second kappa shape index (κ2) is 15.2. The van der Waals surface area contributed by atoms with E-state index in [9.17, 15) is 4.79 Å². The zero-order chi connectivity index (χ0) is 21.1. The number of amides is 1. The molecule has 0 aromatic heterocycles. The highest BCUT2D eigenvalue weighted by atomic mass is 127. The minimum atomic E-state index is -0.140. The van der Waals surface area contributed by atoms with Gasteiger partial charge in [0, 0.05) is 45.7 Å². The summed E-state index contributed by atoms with van der Waals surface area (Å²) in [5, 5.41) is 6.80. The van der Waals surface area contributed by atoms with Crippen LogP contribution in [0.1, 0.15) is 39.5 Å². The van der Waals surface area contributed by atoms with E-state index in [2.05, 4.69) is 39.3 Å². The quantitative estimate of drug-likeness (QED) is 0.167. The van der Waals surface area contributed by atoms with Crippen molar-refractivity contribution in [2.75, 3.05) is 66.0 Å². The van der Waals surface area contributed by atoms with E-state index in [4.69, 9.17) is 10.5 Å². The van der Waals surface area contributed by atoms with E-state index < -0.39 is 0 Å². The molecule has 30 heavy (non-hydrogen) atoms. The summed E-state index contributed by atoms with van der Waals surface area (Å²) in [6, 6.07) is 0. The van der Waals surface area contributed by atoms with Gasteiger partial charge in [0.25, 0.3) is 0 Å². The first kappa shape index (κ1) is 27.4. The number of hydrogen-bond donors (Lipinski definition) is 3. The highest BCUT2D eigenvalue weighted by Gasteiger charge is 2.23. The first-order valence-corrected chi connectivity index (χ1v) is 11.3. The number of likely N-dealkylation sites (tertiary alicyclic amines) is 1. The van der Waals surface area contributed by atoms with Crippen LogP contribution in [0.2, 0.25) is 0 Å². The van der Waals surface area contributed by atoms with Gasteiger partial charge < -0.3 is 26.0 Å². The monoisotopic (exact) mass is 538 g/mol. The van der Waals surface area contributed by atoms with Gasteiger partial charge in [0.15, 0.2) is 5.96 Å². The molecule has 0 saturated carbocycles. The third kappa shape index (κ3) is 10.6. The number of ether oxygens (including phenoxy) is 1. The minimum Gasteiger partial charge on any atom is -0.374 e. The van der Waals surface area contributed by atoms with E-state index in [-0.39, 0.29) is 41.9 Å². The molecule has 176 valence electrons. The lowest BCUT2D eigenvalue weighted by Gasteiger charge is -2.34. The molecule has 2 rings (SSSR count). The Labute approximate surface area is 199 Å². The Morgan fingerprint density at radius 3 is 2.53 bits per heavy atom. The lowest BCUT2D eigenvalue weighted by molar-refractivity contribution is -0.123. The van der Waals surface area contributed by atoms with Gasteiger partial charge in [0.05, 0.1) is 12.7 Å². The predicted molar refractivity (Wildman–Crippen MR) is 133 cm³/mol. The molecule has 2 aliphatic heterocycles. The van der Waals surface area contributed by atoms with Crippen molar-refractivity contribution < 1.29 is 9.53 Å². The van der Waals surface area contributed by atoms with Crippen molar-refractivity contribution in [1.29, 1.82) is 0 Å². The second-order valence-corrected chi connectivity index (χ2v) is 8.75. The maximum atomic E-state index is 11.2. The topological polar surface area (TPSA) is 95.2 Å². The standard InChI is InChI=1S/C21H42N6O2.HI/c1-17(2)15-27-12-13-29-19(16-27)14-25-21(23-3)24-8-4-5-9-26-10-6-18(7-11-26)20(22)28;/h17-19H,4-16H2,1-3H3,(H2,22,28)(H2,23,24,25);1H. The van der Waals surface area contributed by atoms with Crippen LogP contribution in [0.4, 0.5) is 0 Å². The lowest BCUT2D eigenvalue weighted by atomic mass is 9.96. The van der Waals surface area contributed by atoms with Crippen LogP contribution in [-0.4, -0.2) is 93.8 Å². The fourth-order valence-corrected chi connectivity index (χ4v) is 4.13. The van der Waals surface area contributed by atoms with E-state index in [0.717, 1.165) is 90.6 Å². The number of morpholine rings is 1. The number of guanidine groups is 1. The van der Waals surface area contributed by atoms with Crippen molar-refractivity contribution >= 4 is 35.8 Å². The van der Waals surface area contributed by atoms with Crippen LogP contribution < -0.4 is 16.4 Å². The van der Waals surface area contributed by atoms with Crippen LogP contribution in [0, 0.1) is 11.8 Å². The summed E-state index contributed by atoms with van der Waals surface area (Å²) >= 11 is 0. The van der Waals surface area contributed by atoms with Gasteiger partial charge >= 0.3 is 0 Å². The Balaban J connectivity index is 0.00000450. The molecule has 1 amide bonds. The number of aliphatic imine (C=N–C) groups is 1. The lowest BCUT2D eigenvalue weighted by Crippen LogP contribution is -2.50. The predicted octanol–water partition coefficient (Wildman–Crippen LogP) is 1.10. The summed E-state index contributed by atoms with van der Waals surface area (Å²) in [4.78, 5) is 20.5. The molecule has 9 heteroatoms. The van der Waals surface area contributed by atoms with Gasteiger partial charge in [-0.1, -0.05) is 13.8 Å². The smallest absolute Gasteiger partial charge is 0.220 e. The second-order valence-electron chi connectivity index (χ2n) is 8.75. The number of rotatable bonds is 10. The van der Waals surface area contributed by atoms with E-state index in [1.807, 2.05) is 7.05 Å². The Morgan fingerprint density at radius 2 is 1.90 bits per heavy atom. The fourth-order valence-electron chi connectivity index (χ4n) is 4.13. The molecule has 8 nitrogen and oxygen atoms in total.